The van der Waals surface area contributed by atoms with Gasteiger partial charge in [0.1, 0.15) is 0 Å². The maximum Gasteiger partial charge on any atom is 0.0920 e. The minimum Gasteiger partial charge on any atom is -0.399 e. The number of likely N-dealkylation sites (tertiary alicyclic amines) is 1. The summed E-state index contributed by atoms with van der Waals surface area (Å²) in [5, 5.41) is 11.4. The van der Waals surface area contributed by atoms with Crippen LogP contribution in [0.4, 0.5) is 0 Å². The molecule has 6 atom stereocenters. The molecule has 0 aromatic heterocycles. The molecule has 6 unspecified atom stereocenters. The molecule has 1 saturated heterocycles. The SMILES string of the molecule is C=C(CC)CCC(NC(=C)NC(C(=C)N1CC2CC(C)(C)C2C1C(=C)NC(CC1CC1)C(=C)C(=C)N)C(C)(C)C)C(C)(C)C. The Morgan fingerprint density at radius 3 is 2.02 bits per heavy atom. The average molecular weight is 606 g/mol. The summed E-state index contributed by atoms with van der Waals surface area (Å²) in [7, 11) is 0. The van der Waals surface area contributed by atoms with Crippen LogP contribution in [0.25, 0.3) is 0 Å². The van der Waals surface area contributed by atoms with Gasteiger partial charge in [-0.3, -0.25) is 0 Å². The zero-order chi connectivity index (χ0) is 33.4. The molecule has 0 aromatic carbocycles. The fraction of sp³-hybridized carbons (Fsp3) is 0.692. The molecule has 0 radical (unpaired) electrons. The third-order valence-corrected chi connectivity index (χ3v) is 10.7. The Morgan fingerprint density at radius 2 is 1.55 bits per heavy atom. The summed E-state index contributed by atoms with van der Waals surface area (Å²) < 4.78 is 0. The molecule has 0 aromatic rings. The maximum absolute atomic E-state index is 6.16. The number of fused-ring (bicyclic) bond motifs is 1. The molecule has 0 bridgehead atoms. The lowest BCUT2D eigenvalue weighted by atomic mass is 9.55. The van der Waals surface area contributed by atoms with Crippen LogP contribution in [0.2, 0.25) is 0 Å². The molecule has 44 heavy (non-hydrogen) atoms. The quantitative estimate of drug-likeness (QED) is 0.0991. The van der Waals surface area contributed by atoms with Gasteiger partial charge in [0.15, 0.2) is 0 Å². The summed E-state index contributed by atoms with van der Waals surface area (Å²) in [5.74, 6) is 2.71. The second-order valence-electron chi connectivity index (χ2n) is 17.1. The molecular formula is C39H67N5. The first kappa shape index (κ1) is 35.9. The van der Waals surface area contributed by atoms with Gasteiger partial charge in [0.25, 0.3) is 0 Å². The van der Waals surface area contributed by atoms with E-state index in [1.165, 1.54) is 24.8 Å². The van der Waals surface area contributed by atoms with E-state index in [4.69, 9.17) is 18.9 Å². The van der Waals surface area contributed by atoms with Crippen molar-refractivity contribution < 1.29 is 0 Å². The van der Waals surface area contributed by atoms with E-state index in [1.807, 2.05) is 0 Å². The lowest BCUT2D eigenvalue weighted by Crippen LogP contribution is -2.53. The third kappa shape index (κ3) is 8.57. The lowest BCUT2D eigenvalue weighted by molar-refractivity contribution is 0.0118. The molecule has 0 amide bonds. The van der Waals surface area contributed by atoms with Crippen molar-refractivity contribution in [3.05, 3.63) is 73.5 Å². The van der Waals surface area contributed by atoms with Crippen molar-refractivity contribution in [3.8, 4) is 0 Å². The van der Waals surface area contributed by atoms with Crippen LogP contribution >= 0.6 is 0 Å². The molecule has 0 spiro atoms. The summed E-state index contributed by atoms with van der Waals surface area (Å²) in [6.45, 7) is 48.3. The molecule has 5 nitrogen and oxygen atoms in total. The molecule has 2 saturated carbocycles. The first-order valence-electron chi connectivity index (χ1n) is 17.1. The highest BCUT2D eigenvalue weighted by Gasteiger charge is 2.59. The van der Waals surface area contributed by atoms with Gasteiger partial charge < -0.3 is 26.6 Å². The summed E-state index contributed by atoms with van der Waals surface area (Å²) in [4.78, 5) is 2.55. The lowest BCUT2D eigenvalue weighted by Gasteiger charge is -2.50. The second-order valence-corrected chi connectivity index (χ2v) is 17.1. The molecule has 2 aliphatic carbocycles. The van der Waals surface area contributed by atoms with E-state index in [-0.39, 0.29) is 40.4 Å². The van der Waals surface area contributed by atoms with Gasteiger partial charge in [-0.15, -0.1) is 0 Å². The number of nitrogens with one attached hydrogen (secondary N) is 3. The van der Waals surface area contributed by atoms with E-state index in [0.29, 0.717) is 17.5 Å². The number of nitrogens with two attached hydrogens (primary N) is 1. The Kier molecular flexibility index (Phi) is 11.0. The molecule has 5 N–H and O–H groups in total. The first-order valence-corrected chi connectivity index (χ1v) is 17.1. The number of nitrogens with zero attached hydrogens (tertiary/aromatic N) is 1. The van der Waals surface area contributed by atoms with Crippen molar-refractivity contribution >= 4 is 0 Å². The van der Waals surface area contributed by atoms with Crippen molar-refractivity contribution in [2.24, 2.45) is 39.7 Å². The highest BCUT2D eigenvalue weighted by molar-refractivity contribution is 5.32. The number of hydrogen-bond acceptors (Lipinski definition) is 5. The number of hydrogen-bond donors (Lipinski definition) is 4. The minimum atomic E-state index is -0.0913. The summed E-state index contributed by atoms with van der Waals surface area (Å²) >= 11 is 0. The highest BCUT2D eigenvalue weighted by atomic mass is 15.3. The Balaban J connectivity index is 1.84. The van der Waals surface area contributed by atoms with Gasteiger partial charge in [-0.25, -0.2) is 0 Å². The van der Waals surface area contributed by atoms with Gasteiger partial charge in [-0.05, 0) is 71.7 Å². The van der Waals surface area contributed by atoms with Gasteiger partial charge in [0.2, 0.25) is 0 Å². The largest absolute Gasteiger partial charge is 0.399 e. The first-order chi connectivity index (χ1) is 20.2. The van der Waals surface area contributed by atoms with Gasteiger partial charge >= 0.3 is 0 Å². The van der Waals surface area contributed by atoms with Crippen LogP contribution in [0.5, 0.6) is 0 Å². The standard InChI is InChI=1S/C39H67N5/c1-16-24(2)17-20-33(37(8,9)10)42-29(7)43-36(38(11,12)13)28(6)44-23-31-22-39(14,15)34(31)35(44)27(5)41-32(21-30-18-19-30)25(3)26(4)40/h30-36,41-43H,2-7,16-23,40H2,1,8-15H3. The van der Waals surface area contributed by atoms with E-state index in [9.17, 15) is 0 Å². The van der Waals surface area contributed by atoms with E-state index < -0.39 is 0 Å². The van der Waals surface area contributed by atoms with Crippen molar-refractivity contribution in [2.45, 2.75) is 131 Å². The van der Waals surface area contributed by atoms with E-state index in [2.05, 4.69) is 109 Å². The predicted octanol–water partition coefficient (Wildman–Crippen LogP) is 8.37. The zero-order valence-corrected chi connectivity index (χ0v) is 30.0. The van der Waals surface area contributed by atoms with Crippen LogP contribution in [0, 0.1) is 34.0 Å². The van der Waals surface area contributed by atoms with Gasteiger partial charge in [0.05, 0.1) is 23.9 Å². The van der Waals surface area contributed by atoms with Crippen molar-refractivity contribution in [1.82, 2.24) is 20.9 Å². The fourth-order valence-corrected chi connectivity index (χ4v) is 7.69. The third-order valence-electron chi connectivity index (χ3n) is 10.7. The van der Waals surface area contributed by atoms with Gasteiger partial charge in [0, 0.05) is 29.7 Å². The molecule has 248 valence electrons. The Bertz CT molecular complexity index is 1120. The molecule has 3 rings (SSSR count). The highest BCUT2D eigenvalue weighted by Crippen LogP contribution is 2.59. The van der Waals surface area contributed by atoms with Crippen LogP contribution in [0.3, 0.4) is 0 Å². The van der Waals surface area contributed by atoms with Gasteiger partial charge in [-0.1, -0.05) is 120 Å². The van der Waals surface area contributed by atoms with E-state index in [1.54, 1.807) is 0 Å². The van der Waals surface area contributed by atoms with Crippen LogP contribution in [0.1, 0.15) is 107 Å². The molecule has 1 aliphatic heterocycles. The number of rotatable bonds is 17. The molecule has 5 heteroatoms. The van der Waals surface area contributed by atoms with Crippen molar-refractivity contribution in [2.75, 3.05) is 6.54 Å². The topological polar surface area (TPSA) is 65.3 Å². The van der Waals surface area contributed by atoms with E-state index in [0.717, 1.165) is 60.9 Å². The normalized spacial score (nSPS) is 24.7. The average Bonchev–Trinajstić information content (AvgIpc) is 3.65. The zero-order valence-electron chi connectivity index (χ0n) is 30.0. The van der Waals surface area contributed by atoms with E-state index >= 15 is 0 Å². The maximum atomic E-state index is 6.16. The smallest absolute Gasteiger partial charge is 0.0920 e. The van der Waals surface area contributed by atoms with Crippen LogP contribution < -0.4 is 21.7 Å². The summed E-state index contributed by atoms with van der Waals surface area (Å²) in [6.07, 6.45) is 7.87. The van der Waals surface area contributed by atoms with Crippen molar-refractivity contribution in [3.63, 3.8) is 0 Å². The fourth-order valence-electron chi connectivity index (χ4n) is 7.69. The molecule has 3 fully saturated rings. The monoisotopic (exact) mass is 606 g/mol. The minimum absolute atomic E-state index is 0.00863. The number of allylic oxidation sites excluding steroid dienone is 1. The molecule has 1 heterocycles. The summed E-state index contributed by atoms with van der Waals surface area (Å²) in [5.41, 5.74) is 11.3. The Hall–Kier alpha value is -2.56. The van der Waals surface area contributed by atoms with Crippen molar-refractivity contribution in [1.29, 1.82) is 0 Å². The van der Waals surface area contributed by atoms with Crippen LogP contribution in [-0.2, 0) is 0 Å². The van der Waals surface area contributed by atoms with Gasteiger partial charge in [-0.2, -0.15) is 0 Å². The van der Waals surface area contributed by atoms with Crippen LogP contribution in [-0.4, -0.2) is 35.6 Å². The Morgan fingerprint density at radius 1 is 0.932 bits per heavy atom. The Labute approximate surface area is 271 Å². The second kappa shape index (κ2) is 13.4. The molecule has 3 aliphatic rings. The predicted molar refractivity (Wildman–Crippen MR) is 191 cm³/mol. The van der Waals surface area contributed by atoms with Crippen LogP contribution in [0.15, 0.2) is 73.5 Å². The summed E-state index contributed by atoms with van der Waals surface area (Å²) in [6, 6.07) is 0.467. The molecular weight excluding hydrogens is 538 g/mol.